The number of aromatic nitrogens is 5. The molecule has 0 unspecified atom stereocenters. The number of alkyl halides is 3. The van der Waals surface area contributed by atoms with Gasteiger partial charge in [-0.15, -0.1) is 0 Å². The van der Waals surface area contributed by atoms with Crippen LogP contribution in [0.5, 0.6) is 5.75 Å². The number of ether oxygens (including phenoxy) is 1. The molecule has 1 fully saturated rings. The number of benzene rings is 1. The van der Waals surface area contributed by atoms with E-state index >= 15 is 0 Å². The molecule has 0 spiro atoms. The van der Waals surface area contributed by atoms with E-state index < -0.39 is 21.9 Å². The third-order valence-corrected chi connectivity index (χ3v) is 8.87. The van der Waals surface area contributed by atoms with Crippen LogP contribution in [0.3, 0.4) is 0 Å². The molecule has 212 valence electrons. The van der Waals surface area contributed by atoms with Gasteiger partial charge in [-0.2, -0.15) is 23.4 Å². The fraction of sp³-hybridized carbons (Fsp3) is 0.423. The van der Waals surface area contributed by atoms with Crippen molar-refractivity contribution in [3.63, 3.8) is 0 Å². The molecule has 0 radical (unpaired) electrons. The van der Waals surface area contributed by atoms with Crippen molar-refractivity contribution in [1.82, 2.24) is 29.3 Å². The van der Waals surface area contributed by atoms with E-state index in [-0.39, 0.29) is 29.3 Å². The number of halogens is 3. The molecule has 2 aliphatic rings. The summed E-state index contributed by atoms with van der Waals surface area (Å²) in [7, 11) is -2.05. The van der Waals surface area contributed by atoms with Crippen LogP contribution in [0.4, 0.5) is 19.0 Å². The minimum Gasteiger partial charge on any atom is -0.486 e. The van der Waals surface area contributed by atoms with Gasteiger partial charge < -0.3 is 10.1 Å². The zero-order chi connectivity index (χ0) is 28.2. The summed E-state index contributed by atoms with van der Waals surface area (Å²) in [5.74, 6) is 0.458. The summed E-state index contributed by atoms with van der Waals surface area (Å²) in [5.41, 5.74) is 2.03. The van der Waals surface area contributed by atoms with E-state index in [1.807, 2.05) is 23.7 Å². The Bertz CT molecular complexity index is 1690. The van der Waals surface area contributed by atoms with Gasteiger partial charge in [0.25, 0.3) is 0 Å². The second kappa shape index (κ2) is 9.77. The molecule has 6 rings (SSSR count). The molecule has 1 saturated carbocycles. The zero-order valence-corrected chi connectivity index (χ0v) is 22.7. The summed E-state index contributed by atoms with van der Waals surface area (Å²) < 4.78 is 76.0. The lowest BCUT2D eigenvalue weighted by Gasteiger charge is -2.29. The van der Waals surface area contributed by atoms with Gasteiger partial charge in [-0.3, -0.25) is 9.36 Å². The lowest BCUT2D eigenvalue weighted by Crippen LogP contribution is -2.27. The Balaban J connectivity index is 1.29. The molecule has 4 aromatic rings. The zero-order valence-electron chi connectivity index (χ0n) is 21.9. The van der Waals surface area contributed by atoms with Crippen molar-refractivity contribution in [3.8, 4) is 17.0 Å². The van der Waals surface area contributed by atoms with Crippen LogP contribution in [0.15, 0.2) is 41.6 Å². The van der Waals surface area contributed by atoms with Crippen LogP contribution in [-0.2, 0) is 29.8 Å². The summed E-state index contributed by atoms with van der Waals surface area (Å²) in [6.45, 7) is 2.90. The maximum atomic E-state index is 13.4. The first-order chi connectivity index (χ1) is 19.0. The second-order valence-corrected chi connectivity index (χ2v) is 11.9. The predicted molar refractivity (Wildman–Crippen MR) is 141 cm³/mol. The van der Waals surface area contributed by atoms with E-state index in [1.54, 1.807) is 18.3 Å². The van der Waals surface area contributed by atoms with Crippen LogP contribution in [0.25, 0.3) is 22.2 Å². The summed E-state index contributed by atoms with van der Waals surface area (Å²) in [5, 5.41) is 12.6. The van der Waals surface area contributed by atoms with Gasteiger partial charge in [0.05, 0.1) is 28.8 Å². The molecule has 0 atom stereocenters. The smallest absolute Gasteiger partial charge is 0.438 e. The lowest BCUT2D eigenvalue weighted by atomic mass is 9.93. The van der Waals surface area contributed by atoms with Gasteiger partial charge in [-0.25, -0.2) is 18.1 Å². The third kappa shape index (κ3) is 4.79. The van der Waals surface area contributed by atoms with E-state index in [9.17, 15) is 21.6 Å². The van der Waals surface area contributed by atoms with E-state index in [0.717, 1.165) is 21.1 Å². The minimum atomic E-state index is -4.59. The monoisotopic (exact) mass is 575 g/mol. The number of aryl methyl sites for hydroxylation is 1. The van der Waals surface area contributed by atoms with Crippen molar-refractivity contribution in [2.75, 3.05) is 11.9 Å². The van der Waals surface area contributed by atoms with E-state index in [1.165, 1.54) is 13.2 Å². The van der Waals surface area contributed by atoms with Gasteiger partial charge in [0.1, 0.15) is 11.5 Å². The van der Waals surface area contributed by atoms with E-state index in [4.69, 9.17) is 9.84 Å². The third-order valence-electron chi connectivity index (χ3n) is 7.37. The first-order valence-corrected chi connectivity index (χ1v) is 14.5. The highest BCUT2D eigenvalue weighted by atomic mass is 32.2. The van der Waals surface area contributed by atoms with Gasteiger partial charge in [0.2, 0.25) is 15.7 Å². The second-order valence-electron chi connectivity index (χ2n) is 10.1. The molecule has 2 N–H and O–H groups in total. The number of rotatable bonds is 6. The molecule has 0 saturated heterocycles. The Kier molecular flexibility index (Phi) is 6.49. The van der Waals surface area contributed by atoms with E-state index in [2.05, 4.69) is 20.1 Å². The van der Waals surface area contributed by atoms with Crippen LogP contribution in [0.2, 0.25) is 0 Å². The molecule has 14 heteroatoms. The Labute approximate surface area is 228 Å². The standard InChI is InChI=1S/C26H28F3N7O3S/c1-3-30-23-11-20-19(13-31-23)24(15-4-9-22-16(10-15)12-32-40(22,37)38)33-36(20)17-5-7-18(8-6-17)39-21-14-35(2)34-25(21)26(27,28)29/h4,9-11,13-14,17-18,32H,3,5-8,12H2,1-2H3,(H,30,31). The highest BCUT2D eigenvalue weighted by Crippen LogP contribution is 2.40. The predicted octanol–water partition coefficient (Wildman–Crippen LogP) is 4.64. The Hall–Kier alpha value is -3.65. The molecule has 0 bridgehead atoms. The Morgan fingerprint density at radius 3 is 2.65 bits per heavy atom. The van der Waals surface area contributed by atoms with Gasteiger partial charge in [-0.05, 0) is 50.3 Å². The summed E-state index contributed by atoms with van der Waals surface area (Å²) in [6, 6.07) is 7.14. The van der Waals surface area contributed by atoms with Crippen molar-refractivity contribution in [2.45, 2.75) is 62.4 Å². The molecule has 40 heavy (non-hydrogen) atoms. The van der Waals surface area contributed by atoms with Crippen LogP contribution in [0.1, 0.15) is 49.9 Å². The van der Waals surface area contributed by atoms with Crippen LogP contribution < -0.4 is 14.8 Å². The number of hydrogen-bond acceptors (Lipinski definition) is 7. The number of nitrogens with zero attached hydrogens (tertiary/aromatic N) is 5. The number of nitrogens with one attached hydrogen (secondary N) is 2. The molecule has 3 aromatic heterocycles. The van der Waals surface area contributed by atoms with E-state index in [0.29, 0.717) is 49.3 Å². The number of sulfonamides is 1. The highest BCUT2D eigenvalue weighted by Gasteiger charge is 2.39. The first-order valence-electron chi connectivity index (χ1n) is 13.1. The molecular weight excluding hydrogens is 547 g/mol. The summed E-state index contributed by atoms with van der Waals surface area (Å²) >= 11 is 0. The van der Waals surface area contributed by atoms with Crippen molar-refractivity contribution >= 4 is 26.7 Å². The number of anilines is 1. The fourth-order valence-corrected chi connectivity index (χ4v) is 6.74. The average molecular weight is 576 g/mol. The van der Waals surface area contributed by atoms with Gasteiger partial charge in [-0.1, -0.05) is 6.07 Å². The molecule has 4 heterocycles. The minimum absolute atomic E-state index is 0.000401. The van der Waals surface area contributed by atoms with Crippen LogP contribution >= 0.6 is 0 Å². The van der Waals surface area contributed by atoms with Gasteiger partial charge in [0, 0.05) is 43.4 Å². The number of fused-ring (bicyclic) bond motifs is 2. The molecular formula is C26H28F3N7O3S. The van der Waals surface area contributed by atoms with Gasteiger partial charge >= 0.3 is 6.18 Å². The quantitative estimate of drug-likeness (QED) is 0.344. The maximum absolute atomic E-state index is 13.4. The summed E-state index contributed by atoms with van der Waals surface area (Å²) in [6.07, 6.45) is 0.504. The van der Waals surface area contributed by atoms with Crippen molar-refractivity contribution < 1.29 is 26.3 Å². The SMILES string of the molecule is CCNc1cc2c(cn1)c(-c1ccc3c(c1)CNS3(=O)=O)nn2C1CCC(Oc2cn(C)nc2C(F)(F)F)CC1. The Morgan fingerprint density at radius 2 is 1.93 bits per heavy atom. The molecule has 10 nitrogen and oxygen atoms in total. The van der Waals surface area contributed by atoms with Crippen LogP contribution in [-0.4, -0.2) is 45.6 Å². The maximum Gasteiger partial charge on any atom is 0.438 e. The molecule has 1 aliphatic heterocycles. The Morgan fingerprint density at radius 1 is 1.15 bits per heavy atom. The normalized spacial score (nSPS) is 20.5. The lowest BCUT2D eigenvalue weighted by molar-refractivity contribution is -0.143. The van der Waals surface area contributed by atoms with Crippen molar-refractivity contribution in [2.24, 2.45) is 7.05 Å². The number of pyridine rings is 1. The average Bonchev–Trinajstić information content (AvgIpc) is 3.57. The molecule has 1 aromatic carbocycles. The largest absolute Gasteiger partial charge is 0.486 e. The summed E-state index contributed by atoms with van der Waals surface area (Å²) in [4.78, 5) is 4.80. The topological polar surface area (TPSA) is 116 Å². The fourth-order valence-electron chi connectivity index (χ4n) is 5.52. The highest BCUT2D eigenvalue weighted by molar-refractivity contribution is 7.89. The molecule has 0 amide bonds. The molecule has 1 aliphatic carbocycles. The van der Waals surface area contributed by atoms with Crippen LogP contribution in [0, 0.1) is 0 Å². The van der Waals surface area contributed by atoms with Crippen molar-refractivity contribution in [3.05, 3.63) is 47.9 Å². The first kappa shape index (κ1) is 26.6. The van der Waals surface area contributed by atoms with Crippen molar-refractivity contribution in [1.29, 1.82) is 0 Å². The van der Waals surface area contributed by atoms with Gasteiger partial charge in [0.15, 0.2) is 5.75 Å². The number of hydrogen-bond donors (Lipinski definition) is 2.